The molecule has 5 heteroatoms. The summed E-state index contributed by atoms with van der Waals surface area (Å²) >= 11 is 0. The fraction of sp³-hybridized carbons (Fsp3) is 0.750. The number of nitrogens with one attached hydrogen (secondary N) is 1. The summed E-state index contributed by atoms with van der Waals surface area (Å²) < 4.78 is 36.1. The van der Waals surface area contributed by atoms with Crippen molar-refractivity contribution in [3.05, 3.63) is 11.8 Å². The zero-order valence-electron chi connectivity index (χ0n) is 9.94. The third-order valence-corrected chi connectivity index (χ3v) is 2.91. The average Bonchev–Trinajstić information content (AvgIpc) is 2.44. The predicted molar refractivity (Wildman–Crippen MR) is 59.4 cm³/mol. The Morgan fingerprint density at radius 3 is 2.18 bits per heavy atom. The molecule has 0 saturated heterocycles. The molecule has 1 N–H and O–H groups in total. The van der Waals surface area contributed by atoms with Crippen LogP contribution in [0, 0.1) is 0 Å². The molecule has 0 aromatic heterocycles. The van der Waals surface area contributed by atoms with E-state index in [2.05, 4.69) is 5.32 Å². The lowest BCUT2D eigenvalue weighted by atomic mass is 10.1. The van der Waals surface area contributed by atoms with Gasteiger partial charge in [-0.2, -0.15) is 13.2 Å². The Morgan fingerprint density at radius 1 is 1.18 bits per heavy atom. The summed E-state index contributed by atoms with van der Waals surface area (Å²) in [7, 11) is 0. The predicted octanol–water partition coefficient (Wildman–Crippen LogP) is 3.33. The Hall–Kier alpha value is -1.00. The van der Waals surface area contributed by atoms with Gasteiger partial charge in [0.2, 0.25) is 0 Å². The molecule has 0 aromatic rings. The fourth-order valence-electron chi connectivity index (χ4n) is 2.07. The molecule has 0 bridgehead atoms. The lowest BCUT2D eigenvalue weighted by molar-refractivity contribution is -0.165. The molecule has 1 fully saturated rings. The van der Waals surface area contributed by atoms with E-state index in [9.17, 15) is 18.0 Å². The van der Waals surface area contributed by atoms with Crippen molar-refractivity contribution in [2.45, 2.75) is 57.7 Å². The summed E-state index contributed by atoms with van der Waals surface area (Å²) in [4.78, 5) is 10.7. The van der Waals surface area contributed by atoms with E-state index in [-0.39, 0.29) is 6.04 Å². The Balaban J connectivity index is 2.49. The zero-order valence-corrected chi connectivity index (χ0v) is 9.94. The normalized spacial score (nSPS) is 19.9. The van der Waals surface area contributed by atoms with E-state index in [0.717, 1.165) is 25.7 Å². The van der Waals surface area contributed by atoms with Crippen molar-refractivity contribution in [3.63, 3.8) is 0 Å². The number of carbonyl (C=O) groups is 1. The van der Waals surface area contributed by atoms with Gasteiger partial charge in [0.15, 0.2) is 0 Å². The number of alkyl halides is 3. The maximum Gasteiger partial charge on any atom is 0.454 e. The first-order valence-electron chi connectivity index (χ1n) is 5.95. The summed E-state index contributed by atoms with van der Waals surface area (Å²) in [5, 5.41) is 3.00. The average molecular weight is 249 g/mol. The van der Waals surface area contributed by atoms with Gasteiger partial charge in [-0.3, -0.25) is 4.79 Å². The summed E-state index contributed by atoms with van der Waals surface area (Å²) in [5.74, 6) is -1.80. The van der Waals surface area contributed by atoms with Crippen LogP contribution in [0.3, 0.4) is 0 Å². The van der Waals surface area contributed by atoms with Crippen molar-refractivity contribution in [1.29, 1.82) is 0 Å². The molecule has 2 nitrogen and oxygen atoms in total. The monoisotopic (exact) mass is 249 g/mol. The van der Waals surface area contributed by atoms with Crippen LogP contribution in [0.15, 0.2) is 11.8 Å². The number of halogens is 3. The van der Waals surface area contributed by atoms with Gasteiger partial charge in [0.05, 0.1) is 0 Å². The number of ketones is 1. The minimum absolute atomic E-state index is 0.204. The maximum atomic E-state index is 12.0. The topological polar surface area (TPSA) is 29.1 Å². The Bertz CT molecular complexity index is 289. The van der Waals surface area contributed by atoms with Gasteiger partial charge in [0.1, 0.15) is 0 Å². The molecular formula is C12H18F3NO. The minimum Gasteiger partial charge on any atom is -0.386 e. The van der Waals surface area contributed by atoms with E-state index in [4.69, 9.17) is 0 Å². The summed E-state index contributed by atoms with van der Waals surface area (Å²) in [6, 6.07) is 0.204. The van der Waals surface area contributed by atoms with Crippen molar-refractivity contribution in [3.8, 4) is 0 Å². The van der Waals surface area contributed by atoms with Crippen LogP contribution in [0.2, 0.25) is 0 Å². The summed E-state index contributed by atoms with van der Waals surface area (Å²) in [6.45, 7) is 1.51. The van der Waals surface area contributed by atoms with Crippen molar-refractivity contribution < 1.29 is 18.0 Å². The molecule has 0 amide bonds. The van der Waals surface area contributed by atoms with Gasteiger partial charge < -0.3 is 5.32 Å². The Labute approximate surface area is 99.3 Å². The highest BCUT2D eigenvalue weighted by molar-refractivity contribution is 5.94. The highest BCUT2D eigenvalue weighted by Gasteiger charge is 2.36. The number of rotatable bonds is 3. The molecule has 1 aliphatic carbocycles. The third kappa shape index (κ3) is 5.24. The van der Waals surface area contributed by atoms with Crippen LogP contribution in [0.1, 0.15) is 45.4 Å². The van der Waals surface area contributed by atoms with Gasteiger partial charge >= 0.3 is 6.18 Å². The van der Waals surface area contributed by atoms with Gasteiger partial charge in [-0.15, -0.1) is 0 Å². The number of hydrogen-bond donors (Lipinski definition) is 1. The molecule has 0 radical (unpaired) electrons. The van der Waals surface area contributed by atoms with Crippen molar-refractivity contribution in [1.82, 2.24) is 5.32 Å². The summed E-state index contributed by atoms with van der Waals surface area (Å²) in [6.07, 6.45) is 2.36. The molecule has 0 atom stereocenters. The molecule has 1 rings (SSSR count). The Morgan fingerprint density at radius 2 is 1.71 bits per heavy atom. The second kappa shape index (κ2) is 6.07. The number of hydrogen-bond acceptors (Lipinski definition) is 2. The van der Waals surface area contributed by atoms with Crippen LogP contribution < -0.4 is 5.32 Å². The van der Waals surface area contributed by atoms with Crippen LogP contribution in [0.4, 0.5) is 13.2 Å². The van der Waals surface area contributed by atoms with Gasteiger partial charge in [0, 0.05) is 17.8 Å². The van der Waals surface area contributed by atoms with Crippen molar-refractivity contribution >= 4 is 5.78 Å². The first kappa shape index (κ1) is 14.1. The highest BCUT2D eigenvalue weighted by atomic mass is 19.4. The molecule has 0 unspecified atom stereocenters. The van der Waals surface area contributed by atoms with Crippen LogP contribution in [-0.4, -0.2) is 18.0 Å². The molecule has 0 heterocycles. The van der Waals surface area contributed by atoms with Crippen LogP contribution in [-0.2, 0) is 4.79 Å². The zero-order chi connectivity index (χ0) is 12.9. The molecule has 0 aromatic carbocycles. The number of allylic oxidation sites excluding steroid dienone is 2. The van der Waals surface area contributed by atoms with E-state index in [1.807, 2.05) is 0 Å². The molecule has 0 spiro atoms. The lowest BCUT2D eigenvalue weighted by Gasteiger charge is -2.17. The highest BCUT2D eigenvalue weighted by Crippen LogP contribution is 2.19. The Kier molecular flexibility index (Phi) is 5.02. The molecular weight excluding hydrogens is 231 g/mol. The quantitative estimate of drug-likeness (QED) is 0.614. The van der Waals surface area contributed by atoms with Gasteiger partial charge in [-0.1, -0.05) is 25.7 Å². The van der Waals surface area contributed by atoms with Crippen molar-refractivity contribution in [2.24, 2.45) is 0 Å². The maximum absolute atomic E-state index is 12.0. The smallest absolute Gasteiger partial charge is 0.386 e. The molecule has 1 saturated carbocycles. The van der Waals surface area contributed by atoms with Crippen LogP contribution >= 0.6 is 0 Å². The summed E-state index contributed by atoms with van der Waals surface area (Å²) in [5.41, 5.74) is 0.305. The second-order valence-corrected chi connectivity index (χ2v) is 4.52. The van der Waals surface area contributed by atoms with Crippen molar-refractivity contribution in [2.75, 3.05) is 0 Å². The largest absolute Gasteiger partial charge is 0.454 e. The van der Waals surface area contributed by atoms with Gasteiger partial charge in [0.25, 0.3) is 5.78 Å². The molecule has 98 valence electrons. The van der Waals surface area contributed by atoms with E-state index in [1.54, 1.807) is 0 Å². The third-order valence-electron chi connectivity index (χ3n) is 2.91. The van der Waals surface area contributed by atoms with Crippen LogP contribution in [0.5, 0.6) is 0 Å². The standard InChI is InChI=1S/C12H18F3NO/c1-9(8-11(17)12(13,14)15)16-10-6-4-2-3-5-7-10/h8,10,16H,2-7H2,1H3/b9-8-. The SMILES string of the molecule is C/C(=C/C(=O)C(F)(F)F)NC1CCCCCC1. The van der Waals surface area contributed by atoms with Gasteiger partial charge in [-0.25, -0.2) is 0 Å². The second-order valence-electron chi connectivity index (χ2n) is 4.52. The molecule has 0 aliphatic heterocycles. The first-order valence-corrected chi connectivity index (χ1v) is 5.95. The van der Waals surface area contributed by atoms with E-state index >= 15 is 0 Å². The number of carbonyl (C=O) groups excluding carboxylic acids is 1. The van der Waals surface area contributed by atoms with E-state index in [0.29, 0.717) is 11.8 Å². The molecule has 1 aliphatic rings. The fourth-order valence-corrected chi connectivity index (χ4v) is 2.07. The minimum atomic E-state index is -4.77. The first-order chi connectivity index (χ1) is 7.89. The van der Waals surface area contributed by atoms with Crippen LogP contribution in [0.25, 0.3) is 0 Å². The lowest BCUT2D eigenvalue weighted by Crippen LogP contribution is -2.28. The van der Waals surface area contributed by atoms with Gasteiger partial charge in [-0.05, 0) is 19.8 Å². The van der Waals surface area contributed by atoms with E-state index in [1.165, 1.54) is 19.8 Å². The van der Waals surface area contributed by atoms with E-state index < -0.39 is 12.0 Å². The molecule has 17 heavy (non-hydrogen) atoms.